The summed E-state index contributed by atoms with van der Waals surface area (Å²) < 4.78 is 11.8. The highest BCUT2D eigenvalue weighted by Gasteiger charge is 2.55. The zero-order valence-electron chi connectivity index (χ0n) is 16.2. The van der Waals surface area contributed by atoms with Crippen LogP contribution in [0.3, 0.4) is 0 Å². The van der Waals surface area contributed by atoms with E-state index < -0.39 is 17.7 Å². The Labute approximate surface area is 157 Å². The van der Waals surface area contributed by atoms with Crippen molar-refractivity contribution < 1.29 is 19.1 Å². The Kier molecular flexibility index (Phi) is 5.59. The lowest BCUT2D eigenvalue weighted by atomic mass is 9.58. The van der Waals surface area contributed by atoms with Gasteiger partial charge in [-0.05, 0) is 57.3 Å². The second kappa shape index (κ2) is 7.58. The maximum absolute atomic E-state index is 12.4. The average molecular weight is 360 g/mol. The maximum atomic E-state index is 12.4. The highest BCUT2D eigenvalue weighted by atomic mass is 16.7. The Morgan fingerprint density at radius 1 is 0.808 bits per heavy atom. The highest BCUT2D eigenvalue weighted by molar-refractivity contribution is 5.89. The van der Waals surface area contributed by atoms with E-state index in [1.54, 1.807) is 13.8 Å². The van der Waals surface area contributed by atoms with Gasteiger partial charge in [-0.2, -0.15) is 0 Å². The zero-order chi connectivity index (χ0) is 18.9. The summed E-state index contributed by atoms with van der Waals surface area (Å²) in [4.78, 5) is 24.8. The topological polar surface area (TPSA) is 52.6 Å². The van der Waals surface area contributed by atoms with Crippen molar-refractivity contribution in [3.8, 4) is 0 Å². The monoisotopic (exact) mass is 360 g/mol. The molecule has 144 valence electrons. The van der Waals surface area contributed by atoms with Gasteiger partial charge in [0.05, 0.1) is 0 Å². The lowest BCUT2D eigenvalue weighted by Gasteiger charge is -2.52. The van der Waals surface area contributed by atoms with Crippen molar-refractivity contribution >= 4 is 11.9 Å². The van der Waals surface area contributed by atoms with E-state index in [-0.39, 0.29) is 5.92 Å². The molecule has 3 aliphatic rings. The minimum atomic E-state index is -1.16. The molecule has 4 nitrogen and oxygen atoms in total. The fraction of sp³-hybridized carbons (Fsp3) is 0.727. The Hall–Kier alpha value is -1.58. The molecule has 3 saturated carbocycles. The largest absolute Gasteiger partial charge is 0.419 e. The molecule has 0 spiro atoms. The number of rotatable bonds is 4. The van der Waals surface area contributed by atoms with Crippen molar-refractivity contribution in [2.24, 2.45) is 23.7 Å². The molecule has 4 atom stereocenters. The summed E-state index contributed by atoms with van der Waals surface area (Å²) in [5.74, 6) is -0.0979. The van der Waals surface area contributed by atoms with Crippen LogP contribution in [0.4, 0.5) is 0 Å². The summed E-state index contributed by atoms with van der Waals surface area (Å²) in [6, 6.07) is 0. The van der Waals surface area contributed by atoms with Gasteiger partial charge in [0.25, 0.3) is 5.79 Å². The fourth-order valence-corrected chi connectivity index (χ4v) is 5.39. The van der Waals surface area contributed by atoms with Crippen molar-refractivity contribution in [2.45, 2.75) is 77.4 Å². The number of fused-ring (bicyclic) bond motifs is 2. The van der Waals surface area contributed by atoms with Crippen molar-refractivity contribution in [3.63, 3.8) is 0 Å². The van der Waals surface area contributed by atoms with Crippen LogP contribution in [0.5, 0.6) is 0 Å². The zero-order valence-corrected chi connectivity index (χ0v) is 16.2. The SMILES string of the molecule is C=C(C)C(=O)OC1(OC(=O)C(=C)C)CCCC2CC3CCCCC3CC21. The van der Waals surface area contributed by atoms with E-state index in [1.165, 1.54) is 32.1 Å². The third-order valence-electron chi connectivity index (χ3n) is 6.69. The first-order valence-electron chi connectivity index (χ1n) is 10.1. The third kappa shape index (κ3) is 3.74. The van der Waals surface area contributed by atoms with Crippen LogP contribution < -0.4 is 0 Å². The van der Waals surface area contributed by atoms with Gasteiger partial charge in [0.1, 0.15) is 0 Å². The second-order valence-corrected chi connectivity index (χ2v) is 8.69. The van der Waals surface area contributed by atoms with Crippen LogP contribution in [0.15, 0.2) is 24.3 Å². The van der Waals surface area contributed by atoms with E-state index >= 15 is 0 Å². The highest BCUT2D eigenvalue weighted by Crippen LogP contribution is 2.54. The summed E-state index contributed by atoms with van der Waals surface area (Å²) in [6.07, 6.45) is 9.95. The third-order valence-corrected chi connectivity index (χ3v) is 6.69. The molecule has 3 aliphatic carbocycles. The molecule has 0 aromatic rings. The Morgan fingerprint density at radius 3 is 1.85 bits per heavy atom. The molecule has 0 aromatic heterocycles. The minimum Gasteiger partial charge on any atom is -0.419 e. The first kappa shape index (κ1) is 19.2. The summed E-state index contributed by atoms with van der Waals surface area (Å²) in [7, 11) is 0. The fourth-order valence-electron chi connectivity index (χ4n) is 5.39. The normalized spacial score (nSPS) is 32.5. The van der Waals surface area contributed by atoms with Gasteiger partial charge in [0, 0.05) is 23.5 Å². The molecule has 4 heteroatoms. The van der Waals surface area contributed by atoms with Gasteiger partial charge in [-0.15, -0.1) is 0 Å². The molecule has 0 aromatic carbocycles. The van der Waals surface area contributed by atoms with Gasteiger partial charge >= 0.3 is 11.9 Å². The van der Waals surface area contributed by atoms with Crippen molar-refractivity contribution in [3.05, 3.63) is 24.3 Å². The van der Waals surface area contributed by atoms with Gasteiger partial charge in [-0.3, -0.25) is 0 Å². The molecule has 3 rings (SSSR count). The van der Waals surface area contributed by atoms with E-state index in [0.717, 1.165) is 25.2 Å². The number of ether oxygens (including phenoxy) is 2. The lowest BCUT2D eigenvalue weighted by molar-refractivity contribution is -0.270. The molecule has 0 amide bonds. The van der Waals surface area contributed by atoms with Gasteiger partial charge in [-0.1, -0.05) is 38.8 Å². The van der Waals surface area contributed by atoms with Crippen LogP contribution in [0.1, 0.15) is 71.6 Å². The van der Waals surface area contributed by atoms with Gasteiger partial charge < -0.3 is 9.47 Å². The van der Waals surface area contributed by atoms with E-state index in [4.69, 9.17) is 9.47 Å². The number of carbonyl (C=O) groups is 2. The smallest absolute Gasteiger partial charge is 0.336 e. The molecule has 0 bridgehead atoms. The van der Waals surface area contributed by atoms with Crippen LogP contribution >= 0.6 is 0 Å². The number of carbonyl (C=O) groups excluding carboxylic acids is 2. The molecule has 0 heterocycles. The maximum Gasteiger partial charge on any atom is 0.336 e. The lowest BCUT2D eigenvalue weighted by Crippen LogP contribution is -2.55. The number of esters is 2. The van der Waals surface area contributed by atoms with E-state index in [2.05, 4.69) is 13.2 Å². The average Bonchev–Trinajstić information content (AvgIpc) is 2.60. The summed E-state index contributed by atoms with van der Waals surface area (Å²) in [5, 5.41) is 0. The standard InChI is InChI=1S/C22H32O4/c1-14(2)20(23)25-22(26-21(24)15(3)4)11-7-10-18-12-16-8-5-6-9-17(16)13-19(18)22/h16-19H,1,3,5-13H2,2,4H3. The van der Waals surface area contributed by atoms with Crippen molar-refractivity contribution in [2.75, 3.05) is 0 Å². The molecular weight excluding hydrogens is 328 g/mol. The van der Waals surface area contributed by atoms with Crippen molar-refractivity contribution in [1.29, 1.82) is 0 Å². The predicted molar refractivity (Wildman–Crippen MR) is 100 cm³/mol. The first-order chi connectivity index (χ1) is 12.3. The first-order valence-corrected chi connectivity index (χ1v) is 10.1. The van der Waals surface area contributed by atoms with Crippen LogP contribution in [-0.4, -0.2) is 17.7 Å². The molecular formula is C22H32O4. The number of hydrogen-bond acceptors (Lipinski definition) is 4. The van der Waals surface area contributed by atoms with E-state index in [0.29, 0.717) is 29.4 Å². The molecule has 0 saturated heterocycles. The second-order valence-electron chi connectivity index (χ2n) is 8.69. The molecule has 3 fully saturated rings. The summed E-state index contributed by atoms with van der Waals surface area (Å²) in [5.41, 5.74) is 0.674. The Morgan fingerprint density at radius 2 is 1.31 bits per heavy atom. The molecule has 26 heavy (non-hydrogen) atoms. The van der Waals surface area contributed by atoms with E-state index in [1.807, 2.05) is 0 Å². The number of hydrogen-bond donors (Lipinski definition) is 0. The molecule has 0 N–H and O–H groups in total. The van der Waals surface area contributed by atoms with Crippen LogP contribution in [-0.2, 0) is 19.1 Å². The Bertz CT molecular complexity index is 577. The van der Waals surface area contributed by atoms with Gasteiger partial charge in [0.2, 0.25) is 0 Å². The van der Waals surface area contributed by atoms with Crippen LogP contribution in [0.2, 0.25) is 0 Å². The van der Waals surface area contributed by atoms with E-state index in [9.17, 15) is 9.59 Å². The van der Waals surface area contributed by atoms with Crippen LogP contribution in [0, 0.1) is 23.7 Å². The minimum absolute atomic E-state index is 0.0854. The van der Waals surface area contributed by atoms with Crippen LogP contribution in [0.25, 0.3) is 0 Å². The van der Waals surface area contributed by atoms with Gasteiger partial charge in [0.15, 0.2) is 0 Å². The Balaban J connectivity index is 1.89. The predicted octanol–water partition coefficient (Wildman–Crippen LogP) is 4.94. The summed E-state index contributed by atoms with van der Waals surface area (Å²) >= 11 is 0. The molecule has 4 unspecified atom stereocenters. The molecule has 0 aliphatic heterocycles. The van der Waals surface area contributed by atoms with Crippen molar-refractivity contribution in [1.82, 2.24) is 0 Å². The quantitative estimate of drug-likeness (QED) is 0.405. The summed E-state index contributed by atoms with van der Waals surface area (Å²) in [6.45, 7) is 10.7. The molecule has 0 radical (unpaired) electrons. The van der Waals surface area contributed by atoms with Gasteiger partial charge in [-0.25, -0.2) is 9.59 Å².